The third-order valence-corrected chi connectivity index (χ3v) is 8.68. The molecule has 0 bridgehead atoms. The first kappa shape index (κ1) is 26.4. The lowest BCUT2D eigenvalue weighted by molar-refractivity contribution is -0.148. The minimum Gasteiger partial charge on any atom is -0.466 e. The molecule has 0 spiro atoms. The van der Waals surface area contributed by atoms with E-state index in [0.717, 1.165) is 32.1 Å². The number of hydrogen-bond acceptors (Lipinski definition) is 8. The number of esters is 1. The Bertz CT molecular complexity index is 1210. The molecule has 1 aromatic rings. The van der Waals surface area contributed by atoms with Crippen molar-refractivity contribution in [3.8, 4) is 6.07 Å². The topological polar surface area (TPSA) is 95.6 Å². The van der Waals surface area contributed by atoms with E-state index in [9.17, 15) is 19.6 Å². The van der Waals surface area contributed by atoms with Gasteiger partial charge in [-0.3, -0.25) is 23.9 Å². The maximum atomic E-state index is 13.5. The van der Waals surface area contributed by atoms with Crippen LogP contribution in [0.4, 0.5) is 5.82 Å². The number of pyridine rings is 1. The second-order valence-corrected chi connectivity index (χ2v) is 11.3. The average molecular weight is 529 g/mol. The molecule has 1 saturated carbocycles. The maximum Gasteiger partial charge on any atom is 0.310 e. The first-order valence-electron chi connectivity index (χ1n) is 12.6. The summed E-state index contributed by atoms with van der Waals surface area (Å²) in [6.45, 7) is 4.90. The van der Waals surface area contributed by atoms with Gasteiger partial charge in [-0.15, -0.1) is 0 Å². The van der Waals surface area contributed by atoms with Crippen molar-refractivity contribution in [3.63, 3.8) is 0 Å². The number of nitrogens with zero attached hydrogens (tertiary/aromatic N) is 4. The van der Waals surface area contributed by atoms with Crippen molar-refractivity contribution in [1.82, 2.24) is 9.47 Å². The molecule has 0 N–H and O–H groups in total. The number of hydrogen-bond donors (Lipinski definition) is 0. The summed E-state index contributed by atoms with van der Waals surface area (Å²) >= 11 is 6.88. The summed E-state index contributed by atoms with van der Waals surface area (Å²) in [5.41, 5.74) is 0.823. The molecule has 10 heteroatoms. The summed E-state index contributed by atoms with van der Waals surface area (Å²) in [4.78, 5) is 43.3. The van der Waals surface area contributed by atoms with E-state index in [1.54, 1.807) is 31.9 Å². The number of carbonyl (C=O) groups is 2. The highest BCUT2D eigenvalue weighted by Gasteiger charge is 2.38. The van der Waals surface area contributed by atoms with Crippen LogP contribution in [0.2, 0.25) is 0 Å². The van der Waals surface area contributed by atoms with Crippen LogP contribution in [0.3, 0.4) is 0 Å². The van der Waals surface area contributed by atoms with Gasteiger partial charge in [0.2, 0.25) is 0 Å². The highest BCUT2D eigenvalue weighted by Crippen LogP contribution is 2.39. The van der Waals surface area contributed by atoms with Crippen molar-refractivity contribution in [3.05, 3.63) is 31.9 Å². The van der Waals surface area contributed by atoms with E-state index in [1.165, 1.54) is 22.7 Å². The highest BCUT2D eigenvalue weighted by molar-refractivity contribution is 8.26. The van der Waals surface area contributed by atoms with Crippen LogP contribution >= 0.6 is 24.0 Å². The Morgan fingerprint density at radius 2 is 1.94 bits per heavy atom. The Kier molecular flexibility index (Phi) is 8.20. The first-order valence-corrected chi connectivity index (χ1v) is 13.8. The molecule has 2 saturated heterocycles. The van der Waals surface area contributed by atoms with E-state index < -0.39 is 5.56 Å². The van der Waals surface area contributed by atoms with E-state index in [4.69, 9.17) is 17.0 Å². The Morgan fingerprint density at radius 3 is 2.61 bits per heavy atom. The number of aromatic nitrogens is 1. The van der Waals surface area contributed by atoms with Crippen LogP contribution in [0.1, 0.15) is 68.6 Å². The molecule has 3 fully saturated rings. The van der Waals surface area contributed by atoms with Gasteiger partial charge in [0.15, 0.2) is 0 Å². The number of amides is 1. The summed E-state index contributed by atoms with van der Waals surface area (Å²) < 4.78 is 7.28. The van der Waals surface area contributed by atoms with Crippen molar-refractivity contribution in [2.45, 2.75) is 64.8 Å². The number of carbonyl (C=O) groups excluding carboxylic acids is 2. The summed E-state index contributed by atoms with van der Waals surface area (Å²) in [6, 6.07) is 2.17. The monoisotopic (exact) mass is 528 g/mol. The molecule has 2 aliphatic heterocycles. The molecule has 1 amide bonds. The zero-order valence-corrected chi connectivity index (χ0v) is 22.7. The van der Waals surface area contributed by atoms with E-state index in [2.05, 4.69) is 0 Å². The van der Waals surface area contributed by atoms with Crippen LogP contribution in [0.5, 0.6) is 0 Å². The molecule has 192 valence electrons. The molecule has 1 atom stereocenters. The van der Waals surface area contributed by atoms with Crippen molar-refractivity contribution in [2.75, 3.05) is 24.6 Å². The lowest BCUT2D eigenvalue weighted by Crippen LogP contribution is -2.42. The molecule has 0 aromatic carbocycles. The molecule has 0 radical (unpaired) electrons. The van der Waals surface area contributed by atoms with Gasteiger partial charge in [0, 0.05) is 31.7 Å². The lowest BCUT2D eigenvalue weighted by atomic mass is 9.94. The standard InChI is InChI=1S/C26H32N4O4S2/c1-4-34-25(33)17-9-8-12-29(15-17)22-19(16(2)20(14-27)23(31)28(22)3)13-21-24(32)30(26(35)36-21)18-10-6-5-7-11-18/h13,17-18H,4-12,15H2,1-3H3/b21-13-. The van der Waals surface area contributed by atoms with E-state index in [0.29, 0.717) is 52.3 Å². The fraction of sp³-hybridized carbons (Fsp3) is 0.577. The summed E-state index contributed by atoms with van der Waals surface area (Å²) in [6.07, 6.45) is 8.52. The van der Waals surface area contributed by atoms with Crippen LogP contribution in [0, 0.1) is 24.2 Å². The van der Waals surface area contributed by atoms with Gasteiger partial charge >= 0.3 is 5.97 Å². The molecule has 3 aliphatic rings. The van der Waals surface area contributed by atoms with Crippen molar-refractivity contribution < 1.29 is 14.3 Å². The van der Waals surface area contributed by atoms with Crippen molar-refractivity contribution in [2.24, 2.45) is 13.0 Å². The summed E-state index contributed by atoms with van der Waals surface area (Å²) in [7, 11) is 1.64. The Labute approximate surface area is 221 Å². The fourth-order valence-electron chi connectivity index (χ4n) is 5.48. The maximum absolute atomic E-state index is 13.5. The number of nitriles is 1. The number of rotatable bonds is 5. The van der Waals surface area contributed by atoms with Gasteiger partial charge in [-0.2, -0.15) is 5.26 Å². The van der Waals surface area contributed by atoms with Crippen LogP contribution in [-0.2, 0) is 21.4 Å². The van der Waals surface area contributed by atoms with Crippen molar-refractivity contribution >= 4 is 52.1 Å². The van der Waals surface area contributed by atoms with Gasteiger partial charge < -0.3 is 9.64 Å². The van der Waals surface area contributed by atoms with Crippen LogP contribution in [0.15, 0.2) is 9.70 Å². The van der Waals surface area contributed by atoms with Gasteiger partial charge in [-0.1, -0.05) is 43.2 Å². The zero-order valence-electron chi connectivity index (χ0n) is 21.0. The predicted octanol–water partition coefficient (Wildman–Crippen LogP) is 3.88. The minimum absolute atomic E-state index is 0.0502. The predicted molar refractivity (Wildman–Crippen MR) is 145 cm³/mol. The normalized spacial score (nSPS) is 22.3. The molecule has 1 aliphatic carbocycles. The Hall–Kier alpha value is -2.64. The van der Waals surface area contributed by atoms with Crippen LogP contribution in [-0.4, -0.2) is 51.4 Å². The second kappa shape index (κ2) is 11.2. The van der Waals surface area contributed by atoms with Gasteiger partial charge in [-0.05, 0) is 51.2 Å². The number of piperidine rings is 1. The van der Waals surface area contributed by atoms with Gasteiger partial charge in [-0.25, -0.2) is 0 Å². The lowest BCUT2D eigenvalue weighted by Gasteiger charge is -2.35. The smallest absolute Gasteiger partial charge is 0.310 e. The summed E-state index contributed by atoms with van der Waals surface area (Å²) in [5, 5.41) is 9.73. The largest absolute Gasteiger partial charge is 0.466 e. The third kappa shape index (κ3) is 4.96. The SMILES string of the molecule is CCOC(=O)C1CCCN(c2c(/C=C3\SC(=S)N(C4CCCCC4)C3=O)c(C)c(C#N)c(=O)n2C)C1. The molecule has 1 unspecified atom stereocenters. The third-order valence-electron chi connectivity index (χ3n) is 7.35. The number of anilines is 1. The molecule has 1 aromatic heterocycles. The highest BCUT2D eigenvalue weighted by atomic mass is 32.2. The van der Waals surface area contributed by atoms with Crippen molar-refractivity contribution in [1.29, 1.82) is 5.26 Å². The van der Waals surface area contributed by atoms with E-state index in [1.807, 2.05) is 11.0 Å². The molecule has 36 heavy (non-hydrogen) atoms. The average Bonchev–Trinajstić information content (AvgIpc) is 3.16. The number of thioether (sulfide) groups is 1. The number of ether oxygens (including phenoxy) is 1. The van der Waals surface area contributed by atoms with E-state index >= 15 is 0 Å². The summed E-state index contributed by atoms with van der Waals surface area (Å²) in [5.74, 6) is -0.0549. The molecular weight excluding hydrogens is 496 g/mol. The Morgan fingerprint density at radius 1 is 1.22 bits per heavy atom. The first-order chi connectivity index (χ1) is 17.3. The van der Waals surface area contributed by atoms with Crippen LogP contribution < -0.4 is 10.5 Å². The van der Waals surface area contributed by atoms with Gasteiger partial charge in [0.05, 0.1) is 17.4 Å². The zero-order chi connectivity index (χ0) is 26.0. The minimum atomic E-state index is -0.393. The molecule has 3 heterocycles. The van der Waals surface area contributed by atoms with Crippen LogP contribution in [0.25, 0.3) is 6.08 Å². The molecular formula is C26H32N4O4S2. The molecule has 4 rings (SSSR count). The Balaban J connectivity index is 1.77. The van der Waals surface area contributed by atoms with Gasteiger partial charge in [0.1, 0.15) is 21.8 Å². The molecule has 8 nitrogen and oxygen atoms in total. The number of thiocarbonyl (C=S) groups is 1. The fourth-order valence-corrected chi connectivity index (χ4v) is 6.86. The quantitative estimate of drug-likeness (QED) is 0.323. The van der Waals surface area contributed by atoms with E-state index in [-0.39, 0.29) is 29.4 Å². The van der Waals surface area contributed by atoms with Gasteiger partial charge in [0.25, 0.3) is 11.5 Å². The second-order valence-electron chi connectivity index (χ2n) is 9.59.